The highest BCUT2D eigenvalue weighted by Crippen LogP contribution is 2.40. The van der Waals surface area contributed by atoms with Crippen LogP contribution in [0, 0.1) is 10.1 Å². The smallest absolute Gasteiger partial charge is 0.431 e. The summed E-state index contributed by atoms with van der Waals surface area (Å²) in [4.78, 5) is 36.1. The topological polar surface area (TPSA) is 135 Å². The number of carbonyl (C=O) groups is 2. The summed E-state index contributed by atoms with van der Waals surface area (Å²) in [6, 6.07) is 15.0. The molecule has 3 rings (SSSR count). The lowest BCUT2D eigenvalue weighted by Gasteiger charge is -2.30. The van der Waals surface area contributed by atoms with Gasteiger partial charge in [-0.25, -0.2) is 9.59 Å². The van der Waals surface area contributed by atoms with E-state index in [1.807, 2.05) is 30.3 Å². The van der Waals surface area contributed by atoms with Crippen LogP contribution in [0.5, 0.6) is 0 Å². The van der Waals surface area contributed by atoms with Gasteiger partial charge in [-0.1, -0.05) is 42.5 Å². The molecule has 2 aromatic rings. The van der Waals surface area contributed by atoms with E-state index in [0.717, 1.165) is 5.56 Å². The maximum Gasteiger partial charge on any atom is 0.513 e. The van der Waals surface area contributed by atoms with E-state index in [1.54, 1.807) is 33.8 Å². The number of hydrogen-bond donors (Lipinski definition) is 1. The zero-order chi connectivity index (χ0) is 27.8. The molecule has 1 N–H and O–H groups in total. The molecule has 0 bridgehead atoms. The fourth-order valence-corrected chi connectivity index (χ4v) is 3.89. The normalized spacial score (nSPS) is 16.0. The summed E-state index contributed by atoms with van der Waals surface area (Å²) in [7, 11) is 1.50. The third-order valence-electron chi connectivity index (χ3n) is 5.58. The van der Waals surface area contributed by atoms with Gasteiger partial charge in [0, 0.05) is 19.2 Å². The number of hydrogen-bond acceptors (Lipinski definition) is 10. The van der Waals surface area contributed by atoms with E-state index in [4.69, 9.17) is 23.7 Å². The van der Waals surface area contributed by atoms with Crippen LogP contribution in [0.15, 0.2) is 77.5 Å². The number of dihydropyridines is 1. The minimum absolute atomic E-state index is 0.0436. The molecule has 0 spiro atoms. The molecule has 2 unspecified atom stereocenters. The summed E-state index contributed by atoms with van der Waals surface area (Å²) in [6.45, 7) is 6.51. The Balaban J connectivity index is 1.90. The molecule has 1 aliphatic heterocycles. The summed E-state index contributed by atoms with van der Waals surface area (Å²) in [5, 5.41) is 14.5. The highest BCUT2D eigenvalue weighted by atomic mass is 16.7. The van der Waals surface area contributed by atoms with Crippen LogP contribution in [0.4, 0.5) is 15.3 Å². The van der Waals surface area contributed by atoms with Crippen molar-refractivity contribution in [3.8, 4) is 0 Å². The third-order valence-corrected chi connectivity index (χ3v) is 5.58. The highest BCUT2D eigenvalue weighted by molar-refractivity contribution is 5.65. The Hall–Kier alpha value is -4.38. The highest BCUT2D eigenvalue weighted by Gasteiger charge is 2.36. The maximum atomic E-state index is 12.8. The number of methoxy groups -OCH3 is 1. The molecule has 0 saturated carbocycles. The Morgan fingerprint density at radius 1 is 0.974 bits per heavy atom. The van der Waals surface area contributed by atoms with Crippen LogP contribution in [0.1, 0.15) is 50.8 Å². The average molecular weight is 527 g/mol. The van der Waals surface area contributed by atoms with Crippen molar-refractivity contribution in [1.82, 2.24) is 5.32 Å². The largest absolute Gasteiger partial charge is 0.513 e. The zero-order valence-corrected chi connectivity index (χ0v) is 21.8. The fourth-order valence-electron chi connectivity index (χ4n) is 3.89. The molecule has 0 aromatic heterocycles. The van der Waals surface area contributed by atoms with Crippen LogP contribution < -0.4 is 5.32 Å². The molecule has 1 heterocycles. The van der Waals surface area contributed by atoms with E-state index < -0.39 is 35.4 Å². The van der Waals surface area contributed by atoms with Gasteiger partial charge in [0.25, 0.3) is 5.69 Å². The minimum atomic E-state index is -1.03. The Morgan fingerprint density at radius 2 is 1.61 bits per heavy atom. The van der Waals surface area contributed by atoms with Gasteiger partial charge in [-0.15, -0.1) is 0 Å². The molecule has 11 nitrogen and oxygen atoms in total. The standard InChI is InChI=1S/C27H30N2O9/c1-16(2)36-27(31)38-25-18(4)28-17(3)24(23(25)20-12-9-13-21(14-20)29(32)33)37-26(30)35-15-22(34-5)19-10-7-6-8-11-19/h6-14,16,22-23,28H,15H2,1-5H3. The molecule has 202 valence electrons. The van der Waals surface area contributed by atoms with Crippen molar-refractivity contribution in [3.05, 3.63) is 98.8 Å². The fraction of sp³-hybridized carbons (Fsp3) is 0.333. The number of rotatable bonds is 9. The molecular formula is C27H30N2O9. The Morgan fingerprint density at radius 3 is 2.18 bits per heavy atom. The van der Waals surface area contributed by atoms with E-state index in [9.17, 15) is 19.7 Å². The summed E-state index contributed by atoms with van der Waals surface area (Å²) in [5.41, 5.74) is 1.84. The first-order chi connectivity index (χ1) is 18.1. The molecule has 0 fully saturated rings. The number of nitro benzene ring substituents is 1. The van der Waals surface area contributed by atoms with Crippen molar-refractivity contribution in [2.75, 3.05) is 13.7 Å². The minimum Gasteiger partial charge on any atom is -0.431 e. The quantitative estimate of drug-likeness (QED) is 0.241. The second kappa shape index (κ2) is 12.7. The maximum absolute atomic E-state index is 12.8. The number of ether oxygens (including phenoxy) is 5. The zero-order valence-electron chi connectivity index (χ0n) is 21.8. The van der Waals surface area contributed by atoms with Gasteiger partial charge < -0.3 is 29.0 Å². The van der Waals surface area contributed by atoms with Gasteiger partial charge in [0.1, 0.15) is 30.1 Å². The molecule has 11 heteroatoms. The predicted octanol–water partition coefficient (Wildman–Crippen LogP) is 5.85. The lowest BCUT2D eigenvalue weighted by atomic mass is 9.90. The Labute approximate surface area is 220 Å². The monoisotopic (exact) mass is 526 g/mol. The molecule has 0 amide bonds. The number of benzene rings is 2. The molecular weight excluding hydrogens is 496 g/mol. The summed E-state index contributed by atoms with van der Waals surface area (Å²) in [5.74, 6) is -0.888. The van der Waals surface area contributed by atoms with Crippen LogP contribution in [0.25, 0.3) is 0 Å². The number of non-ortho nitro benzene ring substituents is 1. The number of nitro groups is 1. The van der Waals surface area contributed by atoms with Gasteiger partial charge in [-0.05, 0) is 38.8 Å². The summed E-state index contributed by atoms with van der Waals surface area (Å²) >= 11 is 0. The van der Waals surface area contributed by atoms with Crippen molar-refractivity contribution in [3.63, 3.8) is 0 Å². The predicted molar refractivity (Wildman–Crippen MR) is 136 cm³/mol. The van der Waals surface area contributed by atoms with Gasteiger partial charge in [0.15, 0.2) is 0 Å². The molecule has 1 aliphatic rings. The molecule has 0 aliphatic carbocycles. The lowest BCUT2D eigenvalue weighted by Crippen LogP contribution is -2.30. The van der Waals surface area contributed by atoms with Gasteiger partial charge in [0.05, 0.1) is 22.4 Å². The van der Waals surface area contributed by atoms with Gasteiger partial charge in [0.2, 0.25) is 0 Å². The first kappa shape index (κ1) is 28.2. The van der Waals surface area contributed by atoms with Crippen molar-refractivity contribution >= 4 is 18.0 Å². The van der Waals surface area contributed by atoms with Crippen molar-refractivity contribution in [1.29, 1.82) is 0 Å². The molecule has 2 atom stereocenters. The molecule has 0 saturated heterocycles. The first-order valence-corrected chi connectivity index (χ1v) is 11.8. The Kier molecular flexibility index (Phi) is 9.44. The lowest BCUT2D eigenvalue weighted by molar-refractivity contribution is -0.384. The van der Waals surface area contributed by atoms with E-state index in [-0.39, 0.29) is 23.8 Å². The van der Waals surface area contributed by atoms with Crippen LogP contribution >= 0.6 is 0 Å². The number of nitrogens with zero attached hydrogens (tertiary/aromatic N) is 1. The van der Waals surface area contributed by atoms with E-state index >= 15 is 0 Å². The van der Waals surface area contributed by atoms with Crippen molar-refractivity contribution in [2.24, 2.45) is 0 Å². The second-order valence-corrected chi connectivity index (χ2v) is 8.71. The van der Waals surface area contributed by atoms with Crippen molar-refractivity contribution < 1.29 is 38.2 Å². The second-order valence-electron chi connectivity index (χ2n) is 8.71. The third kappa shape index (κ3) is 7.10. The summed E-state index contributed by atoms with van der Waals surface area (Å²) < 4.78 is 27.0. The number of nitrogens with one attached hydrogen (secondary N) is 1. The van der Waals surface area contributed by atoms with Crippen LogP contribution in [0.2, 0.25) is 0 Å². The van der Waals surface area contributed by atoms with Crippen molar-refractivity contribution in [2.45, 2.75) is 45.8 Å². The van der Waals surface area contributed by atoms with Gasteiger partial charge in [-0.2, -0.15) is 0 Å². The average Bonchev–Trinajstić information content (AvgIpc) is 2.87. The molecule has 0 radical (unpaired) electrons. The van der Waals surface area contributed by atoms with E-state index in [2.05, 4.69) is 5.32 Å². The van der Waals surface area contributed by atoms with Gasteiger partial charge >= 0.3 is 12.3 Å². The van der Waals surface area contributed by atoms with Crippen LogP contribution in [-0.4, -0.2) is 37.1 Å². The SMILES string of the molecule is COC(COC(=O)OC1=C(C)NC(C)=C(OC(=O)OC(C)C)C1c1cccc([N+](=O)[O-])c1)c1ccccc1. The molecule has 2 aromatic carbocycles. The Bertz CT molecular complexity index is 1240. The van der Waals surface area contributed by atoms with E-state index in [0.29, 0.717) is 17.0 Å². The molecule has 38 heavy (non-hydrogen) atoms. The van der Waals surface area contributed by atoms with E-state index in [1.165, 1.54) is 25.3 Å². The number of allylic oxidation sites excluding steroid dienone is 2. The number of carbonyl (C=O) groups excluding carboxylic acids is 2. The van der Waals surface area contributed by atoms with Gasteiger partial charge in [-0.3, -0.25) is 10.1 Å². The van der Waals surface area contributed by atoms with Crippen LogP contribution in [0.3, 0.4) is 0 Å². The van der Waals surface area contributed by atoms with Crippen LogP contribution in [-0.2, 0) is 23.7 Å². The first-order valence-electron chi connectivity index (χ1n) is 11.8. The summed E-state index contributed by atoms with van der Waals surface area (Å²) in [6.07, 6.45) is -2.97.